The van der Waals surface area contributed by atoms with E-state index < -0.39 is 152 Å². The van der Waals surface area contributed by atoms with Crippen LogP contribution in [0.25, 0.3) is 0 Å². The molecule has 1 heterocycles. The summed E-state index contributed by atoms with van der Waals surface area (Å²) in [6.45, 7) is 7.40. The Kier molecular flexibility index (Phi) is 26.5. The Morgan fingerprint density at radius 3 is 1.94 bits per heavy atom. The molecule has 2 aromatic carbocycles. The van der Waals surface area contributed by atoms with E-state index in [2.05, 4.69) is 12.2 Å². The molecule has 88 heavy (non-hydrogen) atoms. The van der Waals surface area contributed by atoms with Gasteiger partial charge in [0.05, 0.1) is 55.4 Å². The van der Waals surface area contributed by atoms with Crippen molar-refractivity contribution in [1.82, 2.24) is 5.32 Å². The van der Waals surface area contributed by atoms with Gasteiger partial charge >= 0.3 is 43.6 Å². The molecule has 2 saturated carbocycles. The van der Waals surface area contributed by atoms with Gasteiger partial charge in [0.15, 0.2) is 29.7 Å². The minimum Gasteiger partial charge on any atom is -0.462 e. The molecule has 3 aliphatic carbocycles. The molecule has 13 atom stereocenters. The average molecular weight is 1260 g/mol. The van der Waals surface area contributed by atoms with Crippen LogP contribution in [0.3, 0.4) is 0 Å². The normalized spacial score (nSPS) is 27.1. The molecule has 4 unspecified atom stereocenters. The van der Waals surface area contributed by atoms with Gasteiger partial charge < -0.3 is 59.1 Å². The Balaban J connectivity index is 1.22. The number of hydrogen-bond acceptors (Lipinski definition) is 22. The van der Waals surface area contributed by atoms with Gasteiger partial charge in [-0.25, -0.2) is 14.2 Å². The number of hydrogen-bond donors (Lipinski definition) is 6. The van der Waals surface area contributed by atoms with Crippen molar-refractivity contribution in [2.75, 3.05) is 39.5 Å². The number of ketones is 1. The standard InChI is InChI=1S/C64H93N2O21P/c1-8-9-10-11-12-13-14-15-16-17-18-19-20-27-32-50(70)79-38-46(39-82-88(77,78)81-34-33-65)84-51(71)37-66-53(44-28-23-21-24-29-44)54(72)60(75)85-47-36-64(76)58(86-59(74)45-30-25-22-26-31-45)56-62(7,48(69)35-49-63(56,40-80-49)87-43(4)68)57(73)55(83-42(3)67)52(41(47)2)61(64,5)6/h21-26,28-31,46-49,53-56,58,66,69,72,76H,8-20,27,32-40,65H2,1-7H3,(H,77,78)/t46?,47-,48-,49+,53?,54+,55+,56?,58-,62+,63-,64+/m0/s1. The van der Waals surface area contributed by atoms with E-state index in [1.54, 1.807) is 36.4 Å². The monoisotopic (exact) mass is 1260 g/mol. The van der Waals surface area contributed by atoms with Gasteiger partial charge in [-0.15, -0.1) is 0 Å². The molecule has 24 heteroatoms. The highest BCUT2D eigenvalue weighted by Gasteiger charge is 2.78. The zero-order valence-electron chi connectivity index (χ0n) is 52.0. The Morgan fingerprint density at radius 2 is 1.39 bits per heavy atom. The topological polar surface area (TPSA) is 339 Å². The van der Waals surface area contributed by atoms with Gasteiger partial charge in [-0.05, 0) is 49.1 Å². The fraction of sp³-hybridized carbons (Fsp3) is 0.672. The molecule has 23 nitrogen and oxygen atoms in total. The molecule has 3 fully saturated rings. The number of Topliss-reactive ketones (excluding diaryl/α,β-unsaturated/α-hetero) is 1. The van der Waals surface area contributed by atoms with Crippen molar-refractivity contribution in [3.63, 3.8) is 0 Å². The van der Waals surface area contributed by atoms with Crippen LogP contribution in [0.15, 0.2) is 71.8 Å². The lowest BCUT2D eigenvalue weighted by molar-refractivity contribution is -0.346. The number of ether oxygens (including phenoxy) is 7. The summed E-state index contributed by atoms with van der Waals surface area (Å²) in [4.78, 5) is 108. The number of unbranched alkanes of at least 4 members (excludes halogenated alkanes) is 13. The van der Waals surface area contributed by atoms with Gasteiger partial charge in [0.25, 0.3) is 0 Å². The van der Waals surface area contributed by atoms with Gasteiger partial charge in [-0.2, -0.15) is 0 Å². The van der Waals surface area contributed by atoms with Crippen LogP contribution in [0.1, 0.15) is 180 Å². The Labute approximate surface area is 516 Å². The predicted molar refractivity (Wildman–Crippen MR) is 318 cm³/mol. The van der Waals surface area contributed by atoms with Gasteiger partial charge in [0.2, 0.25) is 0 Å². The number of nitrogens with two attached hydrogens (primary N) is 1. The van der Waals surface area contributed by atoms with Gasteiger partial charge in [-0.3, -0.25) is 38.3 Å². The van der Waals surface area contributed by atoms with Crippen molar-refractivity contribution in [1.29, 1.82) is 0 Å². The van der Waals surface area contributed by atoms with Crippen LogP contribution in [-0.2, 0) is 75.5 Å². The fourth-order valence-corrected chi connectivity index (χ4v) is 13.8. The second-order valence-electron chi connectivity index (χ2n) is 24.4. The smallest absolute Gasteiger partial charge is 0.462 e. The minimum atomic E-state index is -4.72. The van der Waals surface area contributed by atoms with Crippen LogP contribution in [0.2, 0.25) is 0 Å². The molecule has 0 aromatic heterocycles. The summed E-state index contributed by atoms with van der Waals surface area (Å²) in [5, 5.41) is 41.0. The summed E-state index contributed by atoms with van der Waals surface area (Å²) in [5.41, 5.74) is -2.46. The lowest BCUT2D eigenvalue weighted by Crippen LogP contribution is -2.82. The Hall–Kier alpha value is -5.46. The molecule has 0 spiro atoms. The van der Waals surface area contributed by atoms with Crippen molar-refractivity contribution in [2.45, 2.75) is 218 Å². The Morgan fingerprint density at radius 1 is 0.795 bits per heavy atom. The molecular formula is C64H93N2O21P. The zero-order chi connectivity index (χ0) is 64.5. The highest BCUT2D eigenvalue weighted by molar-refractivity contribution is 7.47. The molecule has 4 aliphatic rings. The summed E-state index contributed by atoms with van der Waals surface area (Å²) in [7, 11) is -4.72. The van der Waals surface area contributed by atoms with Crippen molar-refractivity contribution in [3.05, 3.63) is 82.9 Å². The maximum Gasteiger partial charge on any atom is 0.472 e. The molecule has 6 rings (SSSR count). The van der Waals surface area contributed by atoms with Crippen molar-refractivity contribution in [3.8, 4) is 0 Å². The second kappa shape index (κ2) is 32.5. The average Bonchev–Trinajstić information content (AvgIpc) is 0.708. The van der Waals surface area contributed by atoms with Crippen molar-refractivity contribution in [2.24, 2.45) is 22.5 Å². The maximum atomic E-state index is 15.7. The molecule has 7 N–H and O–H groups in total. The van der Waals surface area contributed by atoms with Crippen LogP contribution < -0.4 is 11.1 Å². The number of phosphoric ester groups is 1. The number of phosphoric acid groups is 1. The SMILES string of the molecule is CCCCCCCCCCCCCCCCC(=O)OCC(COP(=O)(O)OCCN)OC(=O)CNC(c1ccccc1)[C@@H](O)C(=O)O[C@H]1C[C@@]2(O)[C@@H](OC(=O)c3ccccc3)C3[C@](C)(C(=O)[C@H](OC(C)=O)C(=C1C)C2(C)C)[C@@H](O)C[C@H]1OC[C@@]31OC(C)=O. The number of carbonyl (C=O) groups excluding carboxylic acids is 7. The number of aliphatic hydroxyl groups is 3. The fourth-order valence-electron chi connectivity index (χ4n) is 13.1. The first-order valence-electron chi connectivity index (χ1n) is 31.0. The van der Waals surface area contributed by atoms with E-state index in [0.717, 1.165) is 39.5 Å². The number of esters is 6. The lowest BCUT2D eigenvalue weighted by Gasteiger charge is -2.67. The molecule has 2 aromatic rings. The number of nitrogens with one attached hydrogen (secondary N) is 1. The molecule has 2 bridgehead atoms. The third kappa shape index (κ3) is 17.5. The van der Waals surface area contributed by atoms with E-state index in [4.69, 9.17) is 47.9 Å². The molecule has 1 aliphatic heterocycles. The van der Waals surface area contributed by atoms with E-state index in [1.807, 2.05) is 0 Å². The summed E-state index contributed by atoms with van der Waals surface area (Å²) in [6.07, 6.45) is 3.29. The van der Waals surface area contributed by atoms with E-state index in [9.17, 15) is 53.5 Å². The number of aliphatic hydroxyl groups excluding tert-OH is 2. The van der Waals surface area contributed by atoms with E-state index in [1.165, 1.54) is 110 Å². The zero-order valence-corrected chi connectivity index (χ0v) is 52.9. The first-order valence-corrected chi connectivity index (χ1v) is 32.5. The molecule has 0 radical (unpaired) electrons. The largest absolute Gasteiger partial charge is 0.472 e. The highest BCUT2D eigenvalue weighted by Crippen LogP contribution is 2.64. The number of benzene rings is 2. The van der Waals surface area contributed by atoms with Gasteiger partial charge in [0.1, 0.15) is 30.5 Å². The van der Waals surface area contributed by atoms with Gasteiger partial charge in [-0.1, -0.05) is 153 Å². The molecule has 1 saturated heterocycles. The van der Waals surface area contributed by atoms with Crippen LogP contribution in [-0.4, -0.2) is 155 Å². The third-order valence-electron chi connectivity index (χ3n) is 17.9. The number of rotatable bonds is 35. The molecule has 0 amide bonds. The highest BCUT2D eigenvalue weighted by atomic mass is 31.2. The summed E-state index contributed by atoms with van der Waals surface area (Å²) in [5.74, 6) is -8.26. The van der Waals surface area contributed by atoms with Crippen LogP contribution in [0.5, 0.6) is 0 Å². The number of fused-ring (bicyclic) bond motifs is 5. The molecule has 490 valence electrons. The van der Waals surface area contributed by atoms with Gasteiger partial charge in [0, 0.05) is 45.1 Å². The van der Waals surface area contributed by atoms with Crippen LogP contribution in [0.4, 0.5) is 0 Å². The summed E-state index contributed by atoms with van der Waals surface area (Å²) >= 11 is 0. The van der Waals surface area contributed by atoms with E-state index in [0.29, 0.717) is 6.42 Å². The lowest BCUT2D eigenvalue weighted by atomic mass is 9.44. The second-order valence-corrected chi connectivity index (χ2v) is 25.9. The van der Waals surface area contributed by atoms with Crippen LogP contribution in [0, 0.1) is 16.7 Å². The van der Waals surface area contributed by atoms with E-state index in [-0.39, 0.29) is 54.9 Å². The quantitative estimate of drug-likeness (QED) is 0.0129. The van der Waals surface area contributed by atoms with Crippen LogP contribution >= 0.6 is 7.82 Å². The third-order valence-corrected chi connectivity index (χ3v) is 18.9. The first-order chi connectivity index (χ1) is 41.8. The van der Waals surface area contributed by atoms with E-state index >= 15 is 4.79 Å². The first kappa shape index (κ1) is 71.6. The minimum absolute atomic E-state index is 0.0232. The molecular weight excluding hydrogens is 1160 g/mol. The van der Waals surface area contributed by atoms with Crippen molar-refractivity contribution >= 4 is 49.4 Å². The van der Waals surface area contributed by atoms with Crippen molar-refractivity contribution < 1.29 is 101 Å². The summed E-state index contributed by atoms with van der Waals surface area (Å²) in [6, 6.07) is 14.2. The predicted octanol–water partition coefficient (Wildman–Crippen LogP) is 7.31. The summed E-state index contributed by atoms with van der Waals surface area (Å²) < 4.78 is 64.1. The number of carbonyl (C=O) groups is 7. The maximum absolute atomic E-state index is 15.7. The Bertz CT molecular complexity index is 2760.